The summed E-state index contributed by atoms with van der Waals surface area (Å²) >= 11 is 0. The number of nitrogen functional groups attached to an aromatic ring is 3. The van der Waals surface area contributed by atoms with Crippen LogP contribution in [0.15, 0.2) is 95.7 Å². The molecule has 2 atom stereocenters. The van der Waals surface area contributed by atoms with Crippen molar-refractivity contribution < 1.29 is 137 Å². The topological polar surface area (TPSA) is 387 Å². The van der Waals surface area contributed by atoms with Gasteiger partial charge in [-0.1, -0.05) is 0 Å². The smallest absolute Gasteiger partial charge is 0.410 e. The van der Waals surface area contributed by atoms with Crippen molar-refractivity contribution in [3.05, 3.63) is 196 Å². The maximum atomic E-state index is 13.7. The van der Waals surface area contributed by atoms with Crippen LogP contribution < -0.4 is 41.5 Å². The van der Waals surface area contributed by atoms with Crippen molar-refractivity contribution in [1.29, 1.82) is 0 Å². The minimum Gasteiger partial charge on any atom is -0.470 e. The van der Waals surface area contributed by atoms with Gasteiger partial charge in [-0.3, -0.25) is 4.57 Å². The number of urea groups is 1. The molecule has 0 radical (unpaired) electrons. The lowest BCUT2D eigenvalue weighted by molar-refractivity contribution is -0.0303. The summed E-state index contributed by atoms with van der Waals surface area (Å²) in [5.41, 5.74) is 14.7. The van der Waals surface area contributed by atoms with Crippen LogP contribution in [-0.2, 0) is 14.2 Å². The second-order valence-corrected chi connectivity index (χ2v) is 31.1. The van der Waals surface area contributed by atoms with Crippen molar-refractivity contribution >= 4 is 60.2 Å². The molecule has 13 heterocycles. The summed E-state index contributed by atoms with van der Waals surface area (Å²) in [4.78, 5) is 84.6. The van der Waals surface area contributed by atoms with Crippen molar-refractivity contribution in [3.63, 3.8) is 0 Å². The standard InChI is InChI=1S/C18H15F4N5O2.C13H15F3N2O3.C13H10F2N4O.C13H17F2N3O3.C8H9F2N3O.C8H15NO3.C5HF4N/c19-10-3-9(4-11(20)5-10)15-1-2-24-27(15)18(28)26-7-12(8-26)29-17-14(22)6-13(21)16(23)25-17;1-13(2,3)21-12(19)18-5-7(6-18)20-11-9(15)4-8(14)10(16)17-11;14-10-5-9(6-11(15)7-10)12-1-2-17-19(12)13(20)18-4-3-16-8-18;1-13(2,3)21-12(19)18-5-7(6-18)20-11-9(15)4-8(14)10(16)17-11;9-5-1-6(10)8(13-7(5)11)14-4-2-12-3-4;1-8(2,3)12-7(11)9-4-6(10)5-9;6-2-1-3(7)5(9)10-4(2)8/h2-6,12,15H,1,7-8H2,(H2,23,25);4,7H,5-6H2,1-3H3;2-8,12H,1H2;4,7H,5-6H2,1-3H3,(H2,16,17);1,4,12H,2-3H2,(H2,11,13);6,10H,4-5H2,1-3H3;1H/t15-;;12-;;;;/m0.0..../s1. The second kappa shape index (κ2) is 41.6. The lowest BCUT2D eigenvalue weighted by Gasteiger charge is -2.40. The Bertz CT molecular complexity index is 5120. The van der Waals surface area contributed by atoms with Crippen LogP contribution >= 0.6 is 0 Å². The van der Waals surface area contributed by atoms with Gasteiger partial charge in [0.05, 0.1) is 70.5 Å². The Kier molecular flexibility index (Phi) is 31.9. The minimum absolute atomic E-state index is 0.0949. The summed E-state index contributed by atoms with van der Waals surface area (Å²) in [5, 5.41) is 22.2. The molecule has 7 aliphatic rings. The molecular formula is C78H82F17N19O13. The van der Waals surface area contributed by atoms with Gasteiger partial charge in [-0.05, 0) is 97.7 Å². The van der Waals surface area contributed by atoms with Gasteiger partial charge in [-0.25, -0.2) is 100 Å². The van der Waals surface area contributed by atoms with E-state index < -0.39 is 194 Å². The van der Waals surface area contributed by atoms with E-state index in [-0.39, 0.29) is 86.8 Å². The number of imidazole rings is 1. The van der Waals surface area contributed by atoms with Crippen LogP contribution in [0, 0.1) is 99.3 Å². The zero-order valence-electron chi connectivity index (χ0n) is 68.5. The van der Waals surface area contributed by atoms with E-state index in [0.29, 0.717) is 68.8 Å². The fourth-order valence-corrected chi connectivity index (χ4v) is 11.0. The Hall–Kier alpha value is -13.4. The molecule has 32 nitrogen and oxygen atoms in total. The first-order valence-electron chi connectivity index (χ1n) is 37.8. The van der Waals surface area contributed by atoms with Crippen LogP contribution in [0.1, 0.15) is 98.4 Å². The fraction of sp³-hybridized carbons (Fsp3) is 0.397. The Balaban J connectivity index is 0.000000171. The Labute approximate surface area is 711 Å². The average molecular weight is 1820 g/mol. The van der Waals surface area contributed by atoms with Gasteiger partial charge in [0, 0.05) is 93.2 Å². The minimum atomic E-state index is -1.64. The fourth-order valence-electron chi connectivity index (χ4n) is 11.0. The number of aromatic nitrogens is 7. The lowest BCUT2D eigenvalue weighted by atomic mass is 10.0. The number of pyridine rings is 5. The number of halogens is 17. The molecule has 7 aliphatic heterocycles. The van der Waals surface area contributed by atoms with Crippen molar-refractivity contribution in [2.45, 2.75) is 135 Å². The molecule has 2 aromatic carbocycles. The highest BCUT2D eigenvalue weighted by atomic mass is 19.2. The third-order valence-electron chi connectivity index (χ3n) is 17.3. The average Bonchev–Trinajstić information content (AvgIpc) is 1.78. The molecular weight excluding hydrogens is 1730 g/mol. The molecule has 6 aromatic heterocycles. The third kappa shape index (κ3) is 27.8. The Morgan fingerprint density at radius 2 is 0.693 bits per heavy atom. The highest BCUT2D eigenvalue weighted by molar-refractivity contribution is 5.81. The number of hydrogen-bond acceptors (Lipinski definition) is 25. The number of nitrogens with one attached hydrogen (secondary N) is 1. The number of amides is 6. The molecule has 0 saturated carbocycles. The molecule has 49 heteroatoms. The van der Waals surface area contributed by atoms with E-state index in [9.17, 15) is 98.6 Å². The SMILES string of the molecule is CC(C)(C)OC(=O)N1CC(O)C1.CC(C)(C)OC(=O)N1CC(Oc2nc(F)c(F)cc2F)C1.CC(C)(C)OC(=O)N1CC(Oc2nc(N)c(F)cc2F)C1.Fc1cc(F)c(F)nc1F.Nc1nc(OC2CN(C(=O)N3N=CC[C@H]3c3cc(F)cc(F)c3)C2)c(F)cc1F.Nc1nc(OC2CNC2)c(F)cc1F.O=C(N1N=CC[C@H]1c1cc(F)cc(F)c1)n1ccnc1. The number of β-amino-alcohol motifs (C(OH)–C–C–N with tert-alkyl or cyclic N) is 1. The summed E-state index contributed by atoms with van der Waals surface area (Å²) < 4.78 is 257. The molecule has 686 valence electrons. The van der Waals surface area contributed by atoms with Crippen molar-refractivity contribution in [1.82, 2.24) is 69.4 Å². The predicted octanol–water partition coefficient (Wildman–Crippen LogP) is 12.4. The Morgan fingerprint density at radius 1 is 0.386 bits per heavy atom. The first kappa shape index (κ1) is 97.4. The maximum absolute atomic E-state index is 13.7. The number of hydrogen-bond donors (Lipinski definition) is 5. The van der Waals surface area contributed by atoms with E-state index in [2.05, 4.69) is 45.4 Å². The summed E-state index contributed by atoms with van der Waals surface area (Å²) in [6, 6.07) is 6.50. The largest absolute Gasteiger partial charge is 0.470 e. The van der Waals surface area contributed by atoms with E-state index in [1.807, 2.05) is 20.8 Å². The number of ether oxygens (including phenoxy) is 7. The van der Waals surface area contributed by atoms with Crippen molar-refractivity contribution in [2.75, 3.05) is 82.6 Å². The number of carbonyl (C=O) groups excluding carboxylic acids is 5. The zero-order chi connectivity index (χ0) is 93.6. The van der Waals surface area contributed by atoms with Gasteiger partial charge < -0.3 is 80.4 Å². The highest BCUT2D eigenvalue weighted by Crippen LogP contribution is 2.35. The van der Waals surface area contributed by atoms with Crippen LogP contribution in [0.25, 0.3) is 0 Å². The van der Waals surface area contributed by atoms with Crippen LogP contribution in [0.3, 0.4) is 0 Å². The molecule has 6 amide bonds. The molecule has 0 bridgehead atoms. The van der Waals surface area contributed by atoms with Crippen molar-refractivity contribution in [2.24, 2.45) is 10.2 Å². The van der Waals surface area contributed by atoms with E-state index in [1.54, 1.807) is 47.8 Å². The number of aliphatic hydroxyl groups excluding tert-OH is 1. The summed E-state index contributed by atoms with van der Waals surface area (Å²) in [6.07, 6.45) is 4.73. The van der Waals surface area contributed by atoms with Crippen LogP contribution in [0.5, 0.6) is 23.5 Å². The number of hydrazone groups is 2. The first-order chi connectivity index (χ1) is 59.4. The quantitative estimate of drug-likeness (QED) is 0.0482. The van der Waals surface area contributed by atoms with Gasteiger partial charge in [0.2, 0.25) is 0 Å². The van der Waals surface area contributed by atoms with E-state index in [4.69, 9.17) is 55.5 Å². The van der Waals surface area contributed by atoms with Gasteiger partial charge in [0.25, 0.3) is 41.4 Å². The van der Waals surface area contributed by atoms with Gasteiger partial charge >= 0.3 is 30.3 Å². The number of aliphatic hydroxyl groups is 1. The van der Waals surface area contributed by atoms with Gasteiger partial charge in [-0.15, -0.1) is 0 Å². The van der Waals surface area contributed by atoms with Crippen LogP contribution in [0.4, 0.5) is 116 Å². The number of anilines is 3. The predicted molar refractivity (Wildman–Crippen MR) is 412 cm³/mol. The molecule has 5 fully saturated rings. The number of carbonyl (C=O) groups is 5. The molecule has 15 rings (SSSR count). The first-order valence-corrected chi connectivity index (χ1v) is 37.8. The summed E-state index contributed by atoms with van der Waals surface area (Å²) in [5.74, 6) is -21.6. The second-order valence-electron chi connectivity index (χ2n) is 31.1. The highest BCUT2D eigenvalue weighted by Gasteiger charge is 2.42. The number of benzene rings is 2. The van der Waals surface area contributed by atoms with E-state index in [1.165, 1.54) is 66.2 Å². The van der Waals surface area contributed by atoms with Crippen LogP contribution in [0.2, 0.25) is 0 Å². The monoisotopic (exact) mass is 1820 g/mol. The van der Waals surface area contributed by atoms with Crippen molar-refractivity contribution in [3.8, 4) is 23.5 Å². The van der Waals surface area contributed by atoms with Crippen LogP contribution in [-0.4, -0.2) is 225 Å². The summed E-state index contributed by atoms with van der Waals surface area (Å²) in [7, 11) is 0. The molecule has 0 spiro atoms. The molecule has 8 aromatic rings. The van der Waals surface area contributed by atoms with Gasteiger partial charge in [0.15, 0.2) is 75.6 Å². The summed E-state index contributed by atoms with van der Waals surface area (Å²) in [6.45, 7) is 19.0. The normalized spacial score (nSPS) is 16.6. The van der Waals surface area contributed by atoms with Gasteiger partial charge in [0.1, 0.15) is 70.8 Å². The van der Waals surface area contributed by atoms with E-state index >= 15 is 0 Å². The van der Waals surface area contributed by atoms with E-state index in [0.717, 1.165) is 29.3 Å². The maximum Gasteiger partial charge on any atom is 0.410 e. The Morgan fingerprint density at radius 3 is 1.01 bits per heavy atom. The number of nitrogens with zero attached hydrogens (tertiary/aromatic N) is 15. The number of nitrogens with two attached hydrogens (primary N) is 3. The molecule has 8 N–H and O–H groups in total. The molecule has 0 unspecified atom stereocenters. The molecule has 0 aliphatic carbocycles. The zero-order valence-corrected chi connectivity index (χ0v) is 68.5. The molecule has 127 heavy (non-hydrogen) atoms. The molecule has 5 saturated heterocycles. The lowest BCUT2D eigenvalue weighted by Crippen LogP contribution is -2.59. The number of likely N-dealkylation sites (tertiary alicyclic amines) is 4. The third-order valence-corrected chi connectivity index (χ3v) is 17.3. The number of rotatable bonds is 10. The van der Waals surface area contributed by atoms with Gasteiger partial charge in [-0.2, -0.15) is 48.3 Å².